The highest BCUT2D eigenvalue weighted by molar-refractivity contribution is 5.95. The average Bonchev–Trinajstić information content (AvgIpc) is 3.19. The normalized spacial score (nSPS) is 16.8. The van der Waals surface area contributed by atoms with E-state index in [1.54, 1.807) is 18.6 Å². The third kappa shape index (κ3) is 3.29. The largest absolute Gasteiger partial charge is 0.338 e. The van der Waals surface area contributed by atoms with Crippen molar-refractivity contribution in [2.24, 2.45) is 0 Å². The van der Waals surface area contributed by atoms with E-state index in [9.17, 15) is 4.79 Å². The SMILES string of the molecule is O=C(c1cccc(-c2ccncc2)c1)N1CCC(c2cccnc2)C1. The molecule has 0 spiro atoms. The van der Waals surface area contributed by atoms with Gasteiger partial charge in [0.2, 0.25) is 0 Å². The van der Waals surface area contributed by atoms with Gasteiger partial charge in [0, 0.05) is 49.4 Å². The minimum Gasteiger partial charge on any atom is -0.338 e. The lowest BCUT2D eigenvalue weighted by atomic mass is 10.0. The summed E-state index contributed by atoms with van der Waals surface area (Å²) < 4.78 is 0. The molecule has 1 aliphatic rings. The van der Waals surface area contributed by atoms with Gasteiger partial charge in [-0.2, -0.15) is 0 Å². The van der Waals surface area contributed by atoms with Gasteiger partial charge in [-0.25, -0.2) is 0 Å². The number of pyridine rings is 2. The van der Waals surface area contributed by atoms with Gasteiger partial charge in [-0.15, -0.1) is 0 Å². The molecule has 1 saturated heterocycles. The number of aromatic nitrogens is 2. The Labute approximate surface area is 147 Å². The Morgan fingerprint density at radius 3 is 2.64 bits per heavy atom. The molecule has 1 unspecified atom stereocenters. The Bertz CT molecular complexity index is 865. The molecule has 4 rings (SSSR count). The summed E-state index contributed by atoms with van der Waals surface area (Å²) in [6.07, 6.45) is 8.21. The molecule has 0 saturated carbocycles. The molecule has 3 heterocycles. The fourth-order valence-corrected chi connectivity index (χ4v) is 3.39. The van der Waals surface area contributed by atoms with Crippen LogP contribution in [0.5, 0.6) is 0 Å². The molecule has 1 aliphatic heterocycles. The van der Waals surface area contributed by atoms with Gasteiger partial charge in [-0.05, 0) is 53.4 Å². The van der Waals surface area contributed by atoms with Crippen molar-refractivity contribution in [1.82, 2.24) is 14.9 Å². The number of amides is 1. The minimum absolute atomic E-state index is 0.0993. The number of hydrogen-bond acceptors (Lipinski definition) is 3. The van der Waals surface area contributed by atoms with E-state index in [0.717, 1.165) is 36.2 Å². The molecule has 25 heavy (non-hydrogen) atoms. The molecule has 1 amide bonds. The van der Waals surface area contributed by atoms with Gasteiger partial charge in [0.25, 0.3) is 5.91 Å². The van der Waals surface area contributed by atoms with Gasteiger partial charge >= 0.3 is 0 Å². The van der Waals surface area contributed by atoms with Crippen LogP contribution < -0.4 is 0 Å². The van der Waals surface area contributed by atoms with Crippen LogP contribution in [0.25, 0.3) is 11.1 Å². The van der Waals surface area contributed by atoms with E-state index in [2.05, 4.69) is 16.0 Å². The van der Waals surface area contributed by atoms with Gasteiger partial charge in [-0.1, -0.05) is 18.2 Å². The third-order valence-electron chi connectivity index (χ3n) is 4.75. The Morgan fingerprint density at radius 1 is 0.960 bits per heavy atom. The van der Waals surface area contributed by atoms with Gasteiger partial charge in [-0.3, -0.25) is 14.8 Å². The quantitative estimate of drug-likeness (QED) is 0.735. The van der Waals surface area contributed by atoms with Crippen LogP contribution in [-0.2, 0) is 0 Å². The maximum absolute atomic E-state index is 12.9. The van der Waals surface area contributed by atoms with Crippen molar-refractivity contribution in [2.45, 2.75) is 12.3 Å². The second-order valence-corrected chi connectivity index (χ2v) is 6.34. The molecule has 4 heteroatoms. The van der Waals surface area contributed by atoms with Crippen molar-refractivity contribution < 1.29 is 4.79 Å². The Kier molecular flexibility index (Phi) is 4.25. The van der Waals surface area contributed by atoms with Crippen molar-refractivity contribution in [2.75, 3.05) is 13.1 Å². The zero-order valence-corrected chi connectivity index (χ0v) is 13.9. The van der Waals surface area contributed by atoms with E-state index in [4.69, 9.17) is 0 Å². The van der Waals surface area contributed by atoms with E-state index < -0.39 is 0 Å². The molecular formula is C21H19N3O. The van der Waals surface area contributed by atoms with Gasteiger partial charge in [0.15, 0.2) is 0 Å². The fourth-order valence-electron chi connectivity index (χ4n) is 3.39. The van der Waals surface area contributed by atoms with Crippen LogP contribution in [0, 0.1) is 0 Å². The number of hydrogen-bond donors (Lipinski definition) is 0. The molecule has 3 aromatic rings. The average molecular weight is 329 g/mol. The number of benzene rings is 1. The van der Waals surface area contributed by atoms with E-state index in [0.29, 0.717) is 5.92 Å². The predicted molar refractivity (Wildman–Crippen MR) is 97.2 cm³/mol. The Morgan fingerprint density at radius 2 is 1.84 bits per heavy atom. The second kappa shape index (κ2) is 6.85. The van der Waals surface area contributed by atoms with Crippen LogP contribution in [0.4, 0.5) is 0 Å². The molecule has 2 aromatic heterocycles. The summed E-state index contributed by atoms with van der Waals surface area (Å²) in [7, 11) is 0. The van der Waals surface area contributed by atoms with Crippen molar-refractivity contribution in [3.63, 3.8) is 0 Å². The highest BCUT2D eigenvalue weighted by atomic mass is 16.2. The van der Waals surface area contributed by atoms with E-state index in [1.165, 1.54) is 5.56 Å². The first kappa shape index (κ1) is 15.5. The first-order valence-corrected chi connectivity index (χ1v) is 8.51. The van der Waals surface area contributed by atoms with Crippen molar-refractivity contribution >= 4 is 5.91 Å². The summed E-state index contributed by atoms with van der Waals surface area (Å²) in [6.45, 7) is 1.54. The van der Waals surface area contributed by atoms with Crippen molar-refractivity contribution in [3.8, 4) is 11.1 Å². The smallest absolute Gasteiger partial charge is 0.253 e. The lowest BCUT2D eigenvalue weighted by molar-refractivity contribution is 0.0791. The lowest BCUT2D eigenvalue weighted by Gasteiger charge is -2.17. The van der Waals surface area contributed by atoms with Gasteiger partial charge < -0.3 is 4.90 Å². The third-order valence-corrected chi connectivity index (χ3v) is 4.75. The maximum Gasteiger partial charge on any atom is 0.253 e. The summed E-state index contributed by atoms with van der Waals surface area (Å²) in [5.74, 6) is 0.475. The van der Waals surface area contributed by atoms with E-state index >= 15 is 0 Å². The van der Waals surface area contributed by atoms with Crippen LogP contribution >= 0.6 is 0 Å². The summed E-state index contributed by atoms with van der Waals surface area (Å²) in [4.78, 5) is 23.1. The summed E-state index contributed by atoms with van der Waals surface area (Å²) in [6, 6.07) is 15.8. The van der Waals surface area contributed by atoms with Crippen LogP contribution in [0.1, 0.15) is 28.3 Å². The van der Waals surface area contributed by atoms with Crippen LogP contribution in [0.15, 0.2) is 73.3 Å². The molecule has 0 N–H and O–H groups in total. The number of nitrogens with zero attached hydrogens (tertiary/aromatic N) is 3. The number of rotatable bonds is 3. The second-order valence-electron chi connectivity index (χ2n) is 6.34. The highest BCUT2D eigenvalue weighted by Gasteiger charge is 2.28. The Balaban J connectivity index is 1.52. The maximum atomic E-state index is 12.9. The molecule has 1 atom stereocenters. The highest BCUT2D eigenvalue weighted by Crippen LogP contribution is 2.28. The molecule has 0 radical (unpaired) electrons. The number of likely N-dealkylation sites (tertiary alicyclic amines) is 1. The fraction of sp³-hybridized carbons (Fsp3) is 0.190. The summed E-state index contributed by atoms with van der Waals surface area (Å²) in [5.41, 5.74) is 4.06. The lowest BCUT2D eigenvalue weighted by Crippen LogP contribution is -2.28. The van der Waals surface area contributed by atoms with Crippen molar-refractivity contribution in [1.29, 1.82) is 0 Å². The standard InChI is InChI=1S/C21H19N3O/c25-21(24-12-8-20(15-24)19-5-2-9-23-14-19)18-4-1-3-17(13-18)16-6-10-22-11-7-16/h1-7,9-11,13-14,20H,8,12,15H2. The van der Waals surface area contributed by atoms with Crippen molar-refractivity contribution in [3.05, 3.63) is 84.4 Å². The van der Waals surface area contributed by atoms with Crippen LogP contribution in [-0.4, -0.2) is 33.9 Å². The summed E-state index contributed by atoms with van der Waals surface area (Å²) >= 11 is 0. The van der Waals surface area contributed by atoms with Crippen LogP contribution in [0.3, 0.4) is 0 Å². The molecule has 1 aromatic carbocycles. The summed E-state index contributed by atoms with van der Waals surface area (Å²) in [5, 5.41) is 0. The zero-order chi connectivity index (χ0) is 17.1. The molecule has 124 valence electrons. The zero-order valence-electron chi connectivity index (χ0n) is 13.9. The van der Waals surface area contributed by atoms with E-state index in [1.807, 2.05) is 53.6 Å². The van der Waals surface area contributed by atoms with Gasteiger partial charge in [0.1, 0.15) is 0 Å². The molecule has 4 nitrogen and oxygen atoms in total. The first-order valence-electron chi connectivity index (χ1n) is 8.51. The number of carbonyl (C=O) groups excluding carboxylic acids is 1. The molecule has 0 aliphatic carbocycles. The molecule has 0 bridgehead atoms. The number of carbonyl (C=O) groups is 1. The monoisotopic (exact) mass is 329 g/mol. The van der Waals surface area contributed by atoms with E-state index in [-0.39, 0.29) is 5.91 Å². The van der Waals surface area contributed by atoms with Crippen LogP contribution in [0.2, 0.25) is 0 Å². The predicted octanol–water partition coefficient (Wildman–Crippen LogP) is 3.77. The van der Waals surface area contributed by atoms with Gasteiger partial charge in [0.05, 0.1) is 0 Å². The topological polar surface area (TPSA) is 46.1 Å². The first-order chi connectivity index (χ1) is 12.3. The minimum atomic E-state index is 0.0993. The Hall–Kier alpha value is -3.01. The molecular weight excluding hydrogens is 310 g/mol. The molecule has 1 fully saturated rings.